The number of carbonyl (C=O) groups is 2. The van der Waals surface area contributed by atoms with Crippen LogP contribution in [0.4, 0.5) is 0 Å². The van der Waals surface area contributed by atoms with E-state index >= 15 is 0 Å². The summed E-state index contributed by atoms with van der Waals surface area (Å²) in [6, 6.07) is 14.8. The van der Waals surface area contributed by atoms with Gasteiger partial charge in [0.2, 0.25) is 5.78 Å². The van der Waals surface area contributed by atoms with E-state index in [1.165, 1.54) is 0 Å². The summed E-state index contributed by atoms with van der Waals surface area (Å²) in [4.78, 5) is 28.2. The molecule has 152 valence electrons. The van der Waals surface area contributed by atoms with Gasteiger partial charge in [-0.15, -0.1) is 0 Å². The Bertz CT molecular complexity index is 1010. The Morgan fingerprint density at radius 1 is 1.00 bits per heavy atom. The highest BCUT2D eigenvalue weighted by Crippen LogP contribution is 2.27. The van der Waals surface area contributed by atoms with Crippen LogP contribution in [-0.4, -0.2) is 36.1 Å². The summed E-state index contributed by atoms with van der Waals surface area (Å²) in [5, 5.41) is 0.828. The number of esters is 1. The molecule has 0 saturated heterocycles. The molecule has 3 aromatic rings. The molecule has 0 amide bonds. The van der Waals surface area contributed by atoms with Gasteiger partial charge in [0.25, 0.3) is 0 Å². The lowest BCUT2D eigenvalue weighted by Gasteiger charge is -2.14. The first kappa shape index (κ1) is 20.5. The lowest BCUT2D eigenvalue weighted by atomic mass is 10.0. The molecule has 3 rings (SSSR count). The minimum absolute atomic E-state index is 0.0327. The molecule has 29 heavy (non-hydrogen) atoms. The van der Waals surface area contributed by atoms with Crippen molar-refractivity contribution >= 4 is 22.7 Å². The van der Waals surface area contributed by atoms with E-state index in [1.54, 1.807) is 19.1 Å². The number of Topliss-reactive ketones (excluding diaryl/α,β-unsaturated/α-hetero) is 1. The quantitative estimate of drug-likeness (QED) is 0.428. The zero-order chi connectivity index (χ0) is 20.8. The number of hydrogen-bond donors (Lipinski definition) is 1. The number of H-pyrrole nitrogens is 1. The van der Waals surface area contributed by atoms with Crippen molar-refractivity contribution in [1.82, 2.24) is 4.98 Å². The van der Waals surface area contributed by atoms with Gasteiger partial charge < -0.3 is 19.2 Å². The molecule has 0 radical (unpaired) electrons. The number of ether oxygens (including phenoxy) is 3. The average Bonchev–Trinajstić information content (AvgIpc) is 3.04. The van der Waals surface area contributed by atoms with Crippen LogP contribution in [0.1, 0.15) is 36.3 Å². The Morgan fingerprint density at radius 2 is 1.66 bits per heavy atom. The first-order chi connectivity index (χ1) is 14.0. The Hall–Kier alpha value is -3.28. The number of ketones is 1. The Balaban J connectivity index is 1.56. The molecule has 0 unspecified atom stereocenters. The van der Waals surface area contributed by atoms with E-state index in [1.807, 2.05) is 50.2 Å². The van der Waals surface area contributed by atoms with Crippen LogP contribution in [0.25, 0.3) is 10.9 Å². The average molecular weight is 395 g/mol. The lowest BCUT2D eigenvalue weighted by molar-refractivity contribution is -0.146. The highest BCUT2D eigenvalue weighted by molar-refractivity contribution is 6.11. The van der Waals surface area contributed by atoms with E-state index < -0.39 is 12.1 Å². The highest BCUT2D eigenvalue weighted by Gasteiger charge is 2.24. The molecular weight excluding hydrogens is 370 g/mol. The van der Waals surface area contributed by atoms with Crippen molar-refractivity contribution in [3.63, 3.8) is 0 Å². The number of carbonyl (C=O) groups excluding carboxylic acids is 2. The Labute approximate surface area is 169 Å². The molecule has 0 aliphatic carbocycles. The van der Waals surface area contributed by atoms with Crippen molar-refractivity contribution in [2.45, 2.75) is 33.3 Å². The van der Waals surface area contributed by atoms with Crippen LogP contribution in [0.15, 0.2) is 48.5 Å². The molecule has 6 heteroatoms. The Morgan fingerprint density at radius 3 is 2.38 bits per heavy atom. The summed E-state index contributed by atoms with van der Waals surface area (Å²) in [6.45, 7) is 5.98. The number of aromatic nitrogens is 1. The highest BCUT2D eigenvalue weighted by atomic mass is 16.6. The molecule has 0 aliphatic heterocycles. The second-order valence-electron chi connectivity index (χ2n) is 6.65. The minimum Gasteiger partial charge on any atom is -0.490 e. The largest absolute Gasteiger partial charge is 0.490 e. The first-order valence-corrected chi connectivity index (χ1v) is 9.67. The first-order valence-electron chi connectivity index (χ1n) is 9.67. The van der Waals surface area contributed by atoms with Crippen molar-refractivity contribution in [2.75, 3.05) is 13.2 Å². The van der Waals surface area contributed by atoms with Gasteiger partial charge in [-0.25, -0.2) is 0 Å². The van der Waals surface area contributed by atoms with Gasteiger partial charge in [-0.05, 0) is 39.0 Å². The minimum atomic E-state index is -0.879. The van der Waals surface area contributed by atoms with E-state index in [-0.39, 0.29) is 18.8 Å². The maximum Gasteiger partial charge on any atom is 0.309 e. The number of benzene rings is 2. The van der Waals surface area contributed by atoms with E-state index in [9.17, 15) is 9.59 Å². The van der Waals surface area contributed by atoms with Gasteiger partial charge in [0.05, 0.1) is 19.6 Å². The molecule has 0 fully saturated rings. The third kappa shape index (κ3) is 4.77. The fourth-order valence-corrected chi connectivity index (χ4v) is 3.20. The van der Waals surface area contributed by atoms with E-state index in [0.717, 1.165) is 16.6 Å². The summed E-state index contributed by atoms with van der Waals surface area (Å²) < 4.78 is 16.5. The second kappa shape index (κ2) is 9.28. The summed E-state index contributed by atoms with van der Waals surface area (Å²) >= 11 is 0. The van der Waals surface area contributed by atoms with Gasteiger partial charge >= 0.3 is 5.97 Å². The molecule has 6 nitrogen and oxygen atoms in total. The number of nitrogens with one attached hydrogen (secondary N) is 1. The van der Waals surface area contributed by atoms with E-state index in [0.29, 0.717) is 23.7 Å². The maximum absolute atomic E-state index is 12.8. The van der Waals surface area contributed by atoms with Crippen LogP contribution in [0.2, 0.25) is 0 Å². The number of para-hydroxylation sites is 3. The zero-order valence-corrected chi connectivity index (χ0v) is 16.9. The Kier molecular flexibility index (Phi) is 6.54. The van der Waals surface area contributed by atoms with Crippen LogP contribution in [0.3, 0.4) is 0 Å². The fraction of sp³-hybridized carbons (Fsp3) is 0.304. The van der Waals surface area contributed by atoms with Gasteiger partial charge in [-0.2, -0.15) is 0 Å². The van der Waals surface area contributed by atoms with Crippen molar-refractivity contribution in [3.05, 3.63) is 59.8 Å². The topological polar surface area (TPSA) is 77.6 Å². The maximum atomic E-state index is 12.8. The lowest BCUT2D eigenvalue weighted by Crippen LogP contribution is -2.25. The summed E-state index contributed by atoms with van der Waals surface area (Å²) in [5.41, 5.74) is 2.20. The molecule has 1 N–H and O–H groups in total. The zero-order valence-electron chi connectivity index (χ0n) is 16.9. The molecule has 2 aromatic carbocycles. The molecule has 0 saturated carbocycles. The number of fused-ring (bicyclic) bond motifs is 1. The van der Waals surface area contributed by atoms with Crippen molar-refractivity contribution in [3.8, 4) is 11.5 Å². The van der Waals surface area contributed by atoms with Gasteiger partial charge in [0, 0.05) is 22.2 Å². The van der Waals surface area contributed by atoms with Gasteiger partial charge in [0.1, 0.15) is 0 Å². The monoisotopic (exact) mass is 395 g/mol. The molecule has 1 aromatic heterocycles. The standard InChI is InChI=1S/C23H25NO5/c1-4-27-19-11-7-8-12-20(19)28-14-13-21(25)29-16(3)23(26)22-15(2)24-18-10-6-5-9-17(18)22/h5-12,16,24H,4,13-14H2,1-3H3/t16-/m0/s1. The molecule has 0 spiro atoms. The number of hydrogen-bond acceptors (Lipinski definition) is 5. The van der Waals surface area contributed by atoms with Gasteiger partial charge in [-0.1, -0.05) is 30.3 Å². The van der Waals surface area contributed by atoms with Crippen molar-refractivity contribution in [1.29, 1.82) is 0 Å². The SMILES string of the molecule is CCOc1ccccc1OCCC(=O)O[C@@H](C)C(=O)c1c(C)[nH]c2ccccc12. The molecular formula is C23H25NO5. The van der Waals surface area contributed by atoms with Crippen molar-refractivity contribution < 1.29 is 23.8 Å². The van der Waals surface area contributed by atoms with Crippen LogP contribution in [0.5, 0.6) is 11.5 Å². The molecule has 1 atom stereocenters. The van der Waals surface area contributed by atoms with Crippen LogP contribution >= 0.6 is 0 Å². The normalized spacial score (nSPS) is 11.8. The molecule has 1 heterocycles. The van der Waals surface area contributed by atoms with Gasteiger partial charge in [-0.3, -0.25) is 9.59 Å². The van der Waals surface area contributed by atoms with Crippen LogP contribution in [-0.2, 0) is 9.53 Å². The summed E-state index contributed by atoms with van der Waals surface area (Å²) in [7, 11) is 0. The van der Waals surface area contributed by atoms with Crippen LogP contribution < -0.4 is 9.47 Å². The summed E-state index contributed by atoms with van der Waals surface area (Å²) in [5.74, 6) is 0.482. The predicted molar refractivity (Wildman–Crippen MR) is 111 cm³/mol. The third-order valence-corrected chi connectivity index (χ3v) is 4.53. The van der Waals surface area contributed by atoms with Crippen molar-refractivity contribution in [2.24, 2.45) is 0 Å². The van der Waals surface area contributed by atoms with E-state index in [4.69, 9.17) is 14.2 Å². The molecule has 0 aliphatic rings. The number of rotatable bonds is 9. The second-order valence-corrected chi connectivity index (χ2v) is 6.65. The predicted octanol–water partition coefficient (Wildman–Crippen LogP) is 4.46. The third-order valence-electron chi connectivity index (χ3n) is 4.53. The number of aromatic amines is 1. The smallest absolute Gasteiger partial charge is 0.309 e. The summed E-state index contributed by atoms with van der Waals surface area (Å²) in [6.07, 6.45) is -0.846. The number of aryl methyl sites for hydroxylation is 1. The van der Waals surface area contributed by atoms with E-state index in [2.05, 4.69) is 4.98 Å². The molecule has 0 bridgehead atoms. The fourth-order valence-electron chi connectivity index (χ4n) is 3.20. The van der Waals surface area contributed by atoms with Gasteiger partial charge in [0.15, 0.2) is 17.6 Å². The van der Waals surface area contributed by atoms with Crippen LogP contribution in [0, 0.1) is 6.92 Å².